The molecular weight excluding hydrogens is 270 g/mol. The monoisotopic (exact) mass is 289 g/mol. The van der Waals surface area contributed by atoms with E-state index in [-0.39, 0.29) is 12.3 Å². The highest BCUT2D eigenvalue weighted by Gasteiger charge is 2.39. The Bertz CT molecular complexity index is 699. The minimum absolute atomic E-state index is 0.201. The summed E-state index contributed by atoms with van der Waals surface area (Å²) in [5, 5.41) is 10.2. The highest BCUT2D eigenvalue weighted by atomic mass is 16.4. The summed E-state index contributed by atoms with van der Waals surface area (Å²) in [6.45, 7) is 6.86. The Hall–Kier alpha value is -2.30. The lowest BCUT2D eigenvalue weighted by atomic mass is 10.0. The third-order valence-electron chi connectivity index (χ3n) is 3.80. The van der Waals surface area contributed by atoms with Crippen molar-refractivity contribution < 1.29 is 19.1 Å². The second-order valence-corrected chi connectivity index (χ2v) is 5.47. The van der Waals surface area contributed by atoms with Crippen LogP contribution in [0.4, 0.5) is 0 Å². The Morgan fingerprint density at radius 1 is 1.29 bits per heavy atom. The van der Waals surface area contributed by atoms with Crippen molar-refractivity contribution in [3.05, 3.63) is 35.6 Å². The normalized spacial score (nSPS) is 11.6. The Morgan fingerprint density at radius 2 is 1.90 bits per heavy atom. The predicted molar refractivity (Wildman–Crippen MR) is 79.4 cm³/mol. The molecule has 1 aromatic heterocycles. The van der Waals surface area contributed by atoms with Gasteiger partial charge >= 0.3 is 5.97 Å². The van der Waals surface area contributed by atoms with E-state index in [1.54, 1.807) is 19.9 Å². The first-order valence-corrected chi connectivity index (χ1v) is 6.84. The van der Waals surface area contributed by atoms with E-state index in [2.05, 4.69) is 0 Å². The number of benzene rings is 1. The van der Waals surface area contributed by atoms with Crippen molar-refractivity contribution in [1.29, 1.82) is 0 Å². The summed E-state index contributed by atoms with van der Waals surface area (Å²) in [7, 11) is 0. The standard InChI is InChI=1S/C16H19NO4/c1-5-17(16(3,4)15(19)20)14(18)13-10(2)11-8-6-7-9-12(11)21-13/h6-9H,5H2,1-4H3,(H,19,20). The maximum absolute atomic E-state index is 12.7. The van der Waals surface area contributed by atoms with Gasteiger partial charge in [-0.25, -0.2) is 4.79 Å². The molecule has 1 N–H and O–H groups in total. The molecule has 0 bridgehead atoms. The quantitative estimate of drug-likeness (QED) is 0.939. The van der Waals surface area contributed by atoms with Crippen LogP contribution in [0.5, 0.6) is 0 Å². The van der Waals surface area contributed by atoms with Crippen LogP contribution in [0.25, 0.3) is 11.0 Å². The van der Waals surface area contributed by atoms with Crippen LogP contribution in [0.15, 0.2) is 28.7 Å². The highest BCUT2D eigenvalue weighted by Crippen LogP contribution is 2.28. The first-order chi connectivity index (χ1) is 9.80. The second kappa shape index (κ2) is 5.24. The fourth-order valence-corrected chi connectivity index (χ4v) is 2.41. The molecule has 0 aliphatic rings. The summed E-state index contributed by atoms with van der Waals surface area (Å²) in [5.74, 6) is -1.25. The summed E-state index contributed by atoms with van der Waals surface area (Å²) in [5.41, 5.74) is 0.0647. The largest absolute Gasteiger partial charge is 0.480 e. The van der Waals surface area contributed by atoms with Gasteiger partial charge in [0.15, 0.2) is 5.76 Å². The molecule has 21 heavy (non-hydrogen) atoms. The molecule has 5 heteroatoms. The molecule has 1 amide bonds. The maximum atomic E-state index is 12.7. The van der Waals surface area contributed by atoms with Gasteiger partial charge in [-0.3, -0.25) is 4.79 Å². The van der Waals surface area contributed by atoms with Gasteiger partial charge in [-0.15, -0.1) is 0 Å². The van der Waals surface area contributed by atoms with E-state index in [0.717, 1.165) is 10.9 Å². The number of furan rings is 1. The minimum atomic E-state index is -1.29. The molecule has 1 heterocycles. The van der Waals surface area contributed by atoms with Gasteiger partial charge in [0, 0.05) is 17.5 Å². The lowest BCUT2D eigenvalue weighted by molar-refractivity contribution is -0.147. The number of amides is 1. The van der Waals surface area contributed by atoms with E-state index in [0.29, 0.717) is 5.58 Å². The Morgan fingerprint density at radius 3 is 2.43 bits per heavy atom. The number of aryl methyl sites for hydroxylation is 1. The molecule has 0 spiro atoms. The number of aliphatic carboxylic acids is 1. The van der Waals surface area contributed by atoms with Crippen LogP contribution in [-0.4, -0.2) is 34.0 Å². The minimum Gasteiger partial charge on any atom is -0.480 e. The van der Waals surface area contributed by atoms with Gasteiger partial charge in [-0.1, -0.05) is 18.2 Å². The zero-order valence-electron chi connectivity index (χ0n) is 12.6. The second-order valence-electron chi connectivity index (χ2n) is 5.47. The number of para-hydroxylation sites is 1. The molecule has 2 aromatic rings. The van der Waals surface area contributed by atoms with Gasteiger partial charge in [-0.2, -0.15) is 0 Å². The van der Waals surface area contributed by atoms with Crippen molar-refractivity contribution in [3.8, 4) is 0 Å². The fraction of sp³-hybridized carbons (Fsp3) is 0.375. The molecule has 5 nitrogen and oxygen atoms in total. The van der Waals surface area contributed by atoms with Crippen molar-refractivity contribution in [1.82, 2.24) is 4.90 Å². The van der Waals surface area contributed by atoms with E-state index in [1.807, 2.05) is 18.2 Å². The van der Waals surface area contributed by atoms with Crippen LogP contribution in [0, 0.1) is 6.92 Å². The van der Waals surface area contributed by atoms with Crippen molar-refractivity contribution in [2.75, 3.05) is 6.54 Å². The number of nitrogens with zero attached hydrogens (tertiary/aromatic N) is 1. The van der Waals surface area contributed by atoms with Crippen LogP contribution in [0.2, 0.25) is 0 Å². The van der Waals surface area contributed by atoms with E-state index in [1.165, 1.54) is 18.7 Å². The number of carbonyl (C=O) groups is 2. The highest BCUT2D eigenvalue weighted by molar-refractivity contribution is 6.01. The Kier molecular flexibility index (Phi) is 3.77. The van der Waals surface area contributed by atoms with Crippen LogP contribution in [-0.2, 0) is 4.79 Å². The summed E-state index contributed by atoms with van der Waals surface area (Å²) in [6.07, 6.45) is 0. The first-order valence-electron chi connectivity index (χ1n) is 6.84. The average molecular weight is 289 g/mol. The lowest BCUT2D eigenvalue weighted by Gasteiger charge is -2.33. The van der Waals surface area contributed by atoms with Crippen molar-refractivity contribution >= 4 is 22.8 Å². The number of fused-ring (bicyclic) bond motifs is 1. The number of hydrogen-bond acceptors (Lipinski definition) is 3. The molecule has 1 aromatic carbocycles. The Labute approximate surface area is 123 Å². The third-order valence-corrected chi connectivity index (χ3v) is 3.80. The molecule has 0 atom stereocenters. The van der Waals surface area contributed by atoms with Gasteiger partial charge < -0.3 is 14.4 Å². The number of likely N-dealkylation sites (N-methyl/N-ethyl adjacent to an activating group) is 1. The molecule has 2 rings (SSSR count). The molecule has 0 saturated carbocycles. The van der Waals surface area contributed by atoms with Gasteiger partial charge in [-0.05, 0) is 33.8 Å². The molecule has 0 unspecified atom stereocenters. The summed E-state index contributed by atoms with van der Waals surface area (Å²) < 4.78 is 5.63. The van der Waals surface area contributed by atoms with Crippen molar-refractivity contribution in [2.45, 2.75) is 33.2 Å². The number of rotatable bonds is 4. The van der Waals surface area contributed by atoms with Crippen LogP contribution in [0.3, 0.4) is 0 Å². The van der Waals surface area contributed by atoms with Crippen LogP contribution in [0.1, 0.15) is 36.9 Å². The van der Waals surface area contributed by atoms with Gasteiger partial charge in [0.1, 0.15) is 11.1 Å². The predicted octanol–water partition coefficient (Wildman–Crippen LogP) is 3.07. The average Bonchev–Trinajstić information content (AvgIpc) is 2.77. The maximum Gasteiger partial charge on any atom is 0.329 e. The zero-order chi connectivity index (χ0) is 15.8. The Balaban J connectivity index is 2.50. The van der Waals surface area contributed by atoms with Crippen LogP contribution < -0.4 is 0 Å². The topological polar surface area (TPSA) is 70.8 Å². The third kappa shape index (κ3) is 2.39. The smallest absolute Gasteiger partial charge is 0.329 e. The number of carbonyl (C=O) groups excluding carboxylic acids is 1. The zero-order valence-corrected chi connectivity index (χ0v) is 12.6. The fourth-order valence-electron chi connectivity index (χ4n) is 2.41. The van der Waals surface area contributed by atoms with Crippen molar-refractivity contribution in [2.24, 2.45) is 0 Å². The number of carboxylic acids is 1. The molecule has 0 aliphatic carbocycles. The van der Waals surface area contributed by atoms with E-state index < -0.39 is 17.4 Å². The molecular formula is C16H19NO4. The van der Waals surface area contributed by atoms with E-state index in [4.69, 9.17) is 4.42 Å². The molecule has 0 fully saturated rings. The SMILES string of the molecule is CCN(C(=O)c1oc2ccccc2c1C)C(C)(C)C(=O)O. The van der Waals surface area contributed by atoms with Crippen molar-refractivity contribution in [3.63, 3.8) is 0 Å². The molecule has 112 valence electrons. The van der Waals surface area contributed by atoms with E-state index in [9.17, 15) is 14.7 Å². The van der Waals surface area contributed by atoms with Gasteiger partial charge in [0.25, 0.3) is 5.91 Å². The lowest BCUT2D eigenvalue weighted by Crippen LogP contribution is -2.52. The molecule has 0 radical (unpaired) electrons. The summed E-state index contributed by atoms with van der Waals surface area (Å²) in [4.78, 5) is 25.4. The first kappa shape index (κ1) is 15.1. The molecule has 0 aliphatic heterocycles. The van der Waals surface area contributed by atoms with Gasteiger partial charge in [0.2, 0.25) is 0 Å². The summed E-state index contributed by atoms with van der Waals surface area (Å²) in [6, 6.07) is 7.37. The number of carboxylic acid groups (broad SMARTS) is 1. The van der Waals surface area contributed by atoms with Gasteiger partial charge in [0.05, 0.1) is 0 Å². The van der Waals surface area contributed by atoms with E-state index >= 15 is 0 Å². The molecule has 0 saturated heterocycles. The summed E-state index contributed by atoms with van der Waals surface area (Å²) >= 11 is 0. The number of hydrogen-bond donors (Lipinski definition) is 1. The van der Waals surface area contributed by atoms with Crippen LogP contribution >= 0.6 is 0 Å².